The summed E-state index contributed by atoms with van der Waals surface area (Å²) in [5.74, 6) is 0.919. The maximum absolute atomic E-state index is 12.1. The summed E-state index contributed by atoms with van der Waals surface area (Å²) in [7, 11) is 2.14. The second kappa shape index (κ2) is 4.34. The highest BCUT2D eigenvalue weighted by molar-refractivity contribution is 5.76. The number of carbonyl (C=O) groups excluding carboxylic acids is 1. The Kier molecular flexibility index (Phi) is 3.22. The summed E-state index contributed by atoms with van der Waals surface area (Å²) in [5, 5.41) is 3.21. The molecule has 0 aromatic carbocycles. The standard InChI is InChI=1S/C12H23N3O/c1-12(2)9-15(5-4-14(12)3)11(16)6-10-7-13-8-10/h10,13H,4-9H2,1-3H3. The number of nitrogens with one attached hydrogen (secondary N) is 1. The van der Waals surface area contributed by atoms with Crippen molar-refractivity contribution < 1.29 is 4.79 Å². The van der Waals surface area contributed by atoms with Gasteiger partial charge in [0.05, 0.1) is 0 Å². The molecule has 0 saturated carbocycles. The van der Waals surface area contributed by atoms with Crippen LogP contribution in [0.2, 0.25) is 0 Å². The third-order valence-corrected chi connectivity index (χ3v) is 4.00. The summed E-state index contributed by atoms with van der Waals surface area (Å²) in [6, 6.07) is 0. The first-order chi connectivity index (χ1) is 7.49. The molecule has 4 heteroatoms. The van der Waals surface area contributed by atoms with Crippen LogP contribution < -0.4 is 5.32 Å². The number of nitrogens with zero attached hydrogens (tertiary/aromatic N) is 2. The fourth-order valence-corrected chi connectivity index (χ4v) is 2.32. The number of likely N-dealkylation sites (N-methyl/N-ethyl adjacent to an activating group) is 1. The Morgan fingerprint density at radius 2 is 2.06 bits per heavy atom. The highest BCUT2D eigenvalue weighted by Gasteiger charge is 2.34. The highest BCUT2D eigenvalue weighted by atomic mass is 16.2. The van der Waals surface area contributed by atoms with E-state index in [1.165, 1.54) is 0 Å². The van der Waals surface area contributed by atoms with E-state index < -0.39 is 0 Å². The molecule has 0 aromatic rings. The average molecular weight is 225 g/mol. The summed E-state index contributed by atoms with van der Waals surface area (Å²) in [5.41, 5.74) is 0.117. The molecule has 1 amide bonds. The van der Waals surface area contributed by atoms with Crippen molar-refractivity contribution >= 4 is 5.91 Å². The van der Waals surface area contributed by atoms with Crippen LogP contribution in [0.5, 0.6) is 0 Å². The van der Waals surface area contributed by atoms with Crippen LogP contribution in [0.25, 0.3) is 0 Å². The minimum atomic E-state index is 0.117. The number of piperazine rings is 1. The second-order valence-electron chi connectivity index (χ2n) is 5.78. The van der Waals surface area contributed by atoms with Crippen LogP contribution >= 0.6 is 0 Å². The molecular weight excluding hydrogens is 202 g/mol. The number of hydrogen-bond acceptors (Lipinski definition) is 3. The van der Waals surface area contributed by atoms with Gasteiger partial charge in [-0.05, 0) is 39.9 Å². The first-order valence-electron chi connectivity index (χ1n) is 6.19. The van der Waals surface area contributed by atoms with E-state index in [2.05, 4.69) is 31.1 Å². The molecule has 2 saturated heterocycles. The molecule has 0 radical (unpaired) electrons. The zero-order valence-corrected chi connectivity index (χ0v) is 10.6. The summed E-state index contributed by atoms with van der Waals surface area (Å²) in [4.78, 5) is 16.5. The fraction of sp³-hybridized carbons (Fsp3) is 0.917. The van der Waals surface area contributed by atoms with Crippen molar-refractivity contribution in [2.45, 2.75) is 25.8 Å². The van der Waals surface area contributed by atoms with Gasteiger partial charge in [-0.3, -0.25) is 9.69 Å². The topological polar surface area (TPSA) is 35.6 Å². The first-order valence-corrected chi connectivity index (χ1v) is 6.19. The molecule has 2 rings (SSSR count). The van der Waals surface area contributed by atoms with E-state index in [1.54, 1.807) is 0 Å². The maximum Gasteiger partial charge on any atom is 0.223 e. The van der Waals surface area contributed by atoms with E-state index in [1.807, 2.05) is 4.90 Å². The first kappa shape index (κ1) is 11.9. The quantitative estimate of drug-likeness (QED) is 0.726. The largest absolute Gasteiger partial charge is 0.340 e. The molecule has 1 N–H and O–H groups in total. The lowest BCUT2D eigenvalue weighted by Crippen LogP contribution is -2.59. The van der Waals surface area contributed by atoms with Crippen LogP contribution in [0.3, 0.4) is 0 Å². The molecule has 2 aliphatic rings. The minimum Gasteiger partial charge on any atom is -0.340 e. The Hall–Kier alpha value is -0.610. The Labute approximate surface area is 98.0 Å². The van der Waals surface area contributed by atoms with Gasteiger partial charge in [-0.1, -0.05) is 0 Å². The monoisotopic (exact) mass is 225 g/mol. The molecule has 0 aromatic heterocycles. The van der Waals surface area contributed by atoms with Gasteiger partial charge in [0, 0.05) is 31.6 Å². The van der Waals surface area contributed by atoms with Gasteiger partial charge < -0.3 is 10.2 Å². The molecule has 4 nitrogen and oxygen atoms in total. The van der Waals surface area contributed by atoms with Crippen molar-refractivity contribution in [2.75, 3.05) is 39.8 Å². The predicted molar refractivity (Wildman–Crippen MR) is 64.3 cm³/mol. The lowest BCUT2D eigenvalue weighted by molar-refractivity contribution is -0.137. The van der Waals surface area contributed by atoms with Crippen LogP contribution in [-0.4, -0.2) is 61.0 Å². The molecule has 0 unspecified atom stereocenters. The van der Waals surface area contributed by atoms with Crippen LogP contribution in [0, 0.1) is 5.92 Å². The molecule has 2 fully saturated rings. The number of amides is 1. The normalized spacial score (nSPS) is 26.6. The molecule has 0 spiro atoms. The maximum atomic E-state index is 12.1. The number of hydrogen-bond donors (Lipinski definition) is 1. The number of rotatable bonds is 2. The van der Waals surface area contributed by atoms with Crippen LogP contribution in [0.1, 0.15) is 20.3 Å². The summed E-state index contributed by atoms with van der Waals surface area (Å²) < 4.78 is 0. The molecule has 2 aliphatic heterocycles. The Morgan fingerprint density at radius 1 is 1.38 bits per heavy atom. The molecule has 0 bridgehead atoms. The summed E-state index contributed by atoms with van der Waals surface area (Å²) in [6.45, 7) is 9.18. The van der Waals surface area contributed by atoms with Crippen molar-refractivity contribution in [3.8, 4) is 0 Å². The van der Waals surface area contributed by atoms with Gasteiger partial charge in [-0.25, -0.2) is 0 Å². The lowest BCUT2D eigenvalue weighted by atomic mass is 9.96. The van der Waals surface area contributed by atoms with Gasteiger partial charge in [-0.15, -0.1) is 0 Å². The van der Waals surface area contributed by atoms with Crippen molar-refractivity contribution in [1.29, 1.82) is 0 Å². The van der Waals surface area contributed by atoms with Crippen molar-refractivity contribution in [1.82, 2.24) is 15.1 Å². The molecular formula is C12H23N3O. The van der Waals surface area contributed by atoms with Gasteiger partial charge in [0.25, 0.3) is 0 Å². The Bertz CT molecular complexity index is 273. The third kappa shape index (κ3) is 2.38. The van der Waals surface area contributed by atoms with E-state index in [4.69, 9.17) is 0 Å². The van der Waals surface area contributed by atoms with Crippen molar-refractivity contribution in [3.63, 3.8) is 0 Å². The SMILES string of the molecule is CN1CCN(C(=O)CC2CNC2)CC1(C)C. The van der Waals surface area contributed by atoms with Gasteiger partial charge in [-0.2, -0.15) is 0 Å². The van der Waals surface area contributed by atoms with Crippen molar-refractivity contribution in [2.24, 2.45) is 5.92 Å². The zero-order valence-electron chi connectivity index (χ0n) is 10.6. The van der Waals surface area contributed by atoms with E-state index in [-0.39, 0.29) is 5.54 Å². The fourth-order valence-electron chi connectivity index (χ4n) is 2.32. The van der Waals surface area contributed by atoms with Gasteiger partial charge in [0.2, 0.25) is 5.91 Å². The molecule has 2 heterocycles. The van der Waals surface area contributed by atoms with E-state index in [9.17, 15) is 4.79 Å². The van der Waals surface area contributed by atoms with Gasteiger partial charge >= 0.3 is 0 Å². The van der Waals surface area contributed by atoms with Crippen LogP contribution in [0.4, 0.5) is 0 Å². The average Bonchev–Trinajstić information content (AvgIpc) is 2.15. The minimum absolute atomic E-state index is 0.117. The molecule has 92 valence electrons. The third-order valence-electron chi connectivity index (χ3n) is 4.00. The van der Waals surface area contributed by atoms with Gasteiger partial charge in [0.1, 0.15) is 0 Å². The van der Waals surface area contributed by atoms with E-state index in [0.29, 0.717) is 11.8 Å². The smallest absolute Gasteiger partial charge is 0.223 e. The molecule has 0 atom stereocenters. The highest BCUT2D eigenvalue weighted by Crippen LogP contribution is 2.20. The molecule has 0 aliphatic carbocycles. The van der Waals surface area contributed by atoms with Crippen LogP contribution in [0.15, 0.2) is 0 Å². The lowest BCUT2D eigenvalue weighted by Gasteiger charge is -2.45. The summed E-state index contributed by atoms with van der Waals surface area (Å²) in [6.07, 6.45) is 0.729. The number of carbonyl (C=O) groups is 1. The van der Waals surface area contributed by atoms with E-state index in [0.717, 1.165) is 39.1 Å². The molecule has 16 heavy (non-hydrogen) atoms. The van der Waals surface area contributed by atoms with Crippen LogP contribution in [-0.2, 0) is 4.79 Å². The zero-order chi connectivity index (χ0) is 11.8. The summed E-state index contributed by atoms with van der Waals surface area (Å²) >= 11 is 0. The second-order valence-corrected chi connectivity index (χ2v) is 5.78. The van der Waals surface area contributed by atoms with E-state index >= 15 is 0 Å². The Morgan fingerprint density at radius 3 is 2.56 bits per heavy atom. The van der Waals surface area contributed by atoms with Gasteiger partial charge in [0.15, 0.2) is 0 Å². The Balaban J connectivity index is 1.87. The van der Waals surface area contributed by atoms with Crippen molar-refractivity contribution in [3.05, 3.63) is 0 Å². The predicted octanol–water partition coefficient (Wildman–Crippen LogP) is 0.149.